The number of hydrogen-bond donors (Lipinski definition) is 1. The molecule has 3 aromatic rings. The molecule has 1 aliphatic heterocycles. The molecule has 3 heteroatoms. The third-order valence-corrected chi connectivity index (χ3v) is 4.53. The molecule has 26 heavy (non-hydrogen) atoms. The molecule has 0 fully saturated rings. The Morgan fingerprint density at radius 2 is 1.27 bits per heavy atom. The van der Waals surface area contributed by atoms with Crippen LogP contribution in [0.25, 0.3) is 12.2 Å². The molecule has 0 aliphatic carbocycles. The predicted molar refractivity (Wildman–Crippen MR) is 107 cm³/mol. The van der Waals surface area contributed by atoms with Crippen LogP contribution in [0.4, 0.5) is 16.2 Å². The molecule has 0 saturated heterocycles. The minimum absolute atomic E-state index is 0.107. The third-order valence-electron chi connectivity index (χ3n) is 4.53. The maximum absolute atomic E-state index is 13.1. The van der Waals surface area contributed by atoms with Gasteiger partial charge in [-0.05, 0) is 35.2 Å². The van der Waals surface area contributed by atoms with Gasteiger partial charge >= 0.3 is 6.03 Å². The van der Waals surface area contributed by atoms with E-state index in [4.69, 9.17) is 0 Å². The lowest BCUT2D eigenvalue weighted by atomic mass is 10.1. The van der Waals surface area contributed by atoms with E-state index < -0.39 is 0 Å². The van der Waals surface area contributed by atoms with Gasteiger partial charge in [0.2, 0.25) is 0 Å². The molecule has 0 aromatic heterocycles. The number of nitrogens with zero attached hydrogens (tertiary/aromatic N) is 1. The fourth-order valence-electron chi connectivity index (χ4n) is 3.23. The zero-order chi connectivity index (χ0) is 17.8. The zero-order valence-electron chi connectivity index (χ0n) is 14.4. The summed E-state index contributed by atoms with van der Waals surface area (Å²) in [7, 11) is 0. The van der Waals surface area contributed by atoms with Crippen molar-refractivity contribution in [2.24, 2.45) is 0 Å². The molecule has 128 valence electrons. The lowest BCUT2D eigenvalue weighted by Gasteiger charge is -2.25. The van der Waals surface area contributed by atoms with E-state index in [0.717, 1.165) is 28.9 Å². The molecule has 2 amide bonds. The zero-order valence-corrected chi connectivity index (χ0v) is 14.4. The van der Waals surface area contributed by atoms with Crippen LogP contribution in [0.15, 0.2) is 78.9 Å². The molecule has 0 unspecified atom stereocenters. The van der Waals surface area contributed by atoms with Crippen molar-refractivity contribution in [1.29, 1.82) is 0 Å². The number of anilines is 2. The molecule has 0 radical (unpaired) electrons. The number of carbonyl (C=O) groups excluding carboxylic acids is 1. The van der Waals surface area contributed by atoms with Crippen LogP contribution in [-0.4, -0.2) is 12.6 Å². The molecular formula is C23H20N2O. The van der Waals surface area contributed by atoms with Crippen LogP contribution in [0.5, 0.6) is 0 Å². The lowest BCUT2D eigenvalue weighted by Crippen LogP contribution is -2.38. The number of para-hydroxylation sites is 2. The summed E-state index contributed by atoms with van der Waals surface area (Å²) in [5.41, 5.74) is 5.06. The first kappa shape index (κ1) is 16.2. The quantitative estimate of drug-likeness (QED) is 0.693. The second kappa shape index (κ2) is 7.28. The summed E-state index contributed by atoms with van der Waals surface area (Å²) < 4.78 is 0. The summed E-state index contributed by atoms with van der Waals surface area (Å²) in [6.45, 7) is 0.594. The van der Waals surface area contributed by atoms with Crippen LogP contribution in [0.2, 0.25) is 0 Å². The summed E-state index contributed by atoms with van der Waals surface area (Å²) in [5, 5.41) is 3.07. The normalized spacial score (nSPS) is 12.1. The van der Waals surface area contributed by atoms with Crippen molar-refractivity contribution in [2.75, 3.05) is 11.4 Å². The van der Waals surface area contributed by atoms with Crippen molar-refractivity contribution in [1.82, 2.24) is 5.32 Å². The first-order valence-electron chi connectivity index (χ1n) is 8.81. The van der Waals surface area contributed by atoms with Gasteiger partial charge in [0.25, 0.3) is 0 Å². The summed E-state index contributed by atoms with van der Waals surface area (Å²) in [6, 6.07) is 26.0. The Morgan fingerprint density at radius 3 is 1.88 bits per heavy atom. The number of nitrogens with one attached hydrogen (secondary N) is 1. The number of hydrogen-bond acceptors (Lipinski definition) is 1. The Kier molecular flexibility index (Phi) is 4.52. The molecule has 0 atom stereocenters. The number of urea groups is 1. The molecule has 0 bridgehead atoms. The molecule has 1 N–H and O–H groups in total. The van der Waals surface area contributed by atoms with E-state index in [1.165, 1.54) is 5.56 Å². The van der Waals surface area contributed by atoms with Crippen LogP contribution in [0.3, 0.4) is 0 Å². The van der Waals surface area contributed by atoms with Crippen molar-refractivity contribution in [2.45, 2.75) is 6.42 Å². The minimum Gasteiger partial charge on any atom is -0.337 e. The molecule has 3 aromatic carbocycles. The van der Waals surface area contributed by atoms with Crippen LogP contribution in [-0.2, 0) is 6.42 Å². The number of rotatable bonds is 3. The van der Waals surface area contributed by atoms with Crippen molar-refractivity contribution in [3.8, 4) is 0 Å². The van der Waals surface area contributed by atoms with Crippen LogP contribution in [0, 0.1) is 0 Å². The van der Waals surface area contributed by atoms with E-state index in [1.807, 2.05) is 66.7 Å². The first-order chi connectivity index (χ1) is 12.8. The van der Waals surface area contributed by atoms with Crippen LogP contribution in [0.1, 0.15) is 16.7 Å². The fraction of sp³-hybridized carbons (Fsp3) is 0.0870. The van der Waals surface area contributed by atoms with E-state index in [9.17, 15) is 4.79 Å². The highest BCUT2D eigenvalue weighted by Gasteiger charge is 2.23. The number of fused-ring (bicyclic) bond motifs is 2. The lowest BCUT2D eigenvalue weighted by molar-refractivity contribution is 0.248. The molecular weight excluding hydrogens is 320 g/mol. The average molecular weight is 340 g/mol. The van der Waals surface area contributed by atoms with Gasteiger partial charge in [-0.1, -0.05) is 78.9 Å². The van der Waals surface area contributed by atoms with E-state index >= 15 is 0 Å². The monoisotopic (exact) mass is 340 g/mol. The predicted octanol–water partition coefficient (Wildman–Crippen LogP) is 5.26. The number of carbonyl (C=O) groups is 1. The van der Waals surface area contributed by atoms with Gasteiger partial charge in [0, 0.05) is 6.54 Å². The van der Waals surface area contributed by atoms with Crippen LogP contribution < -0.4 is 10.2 Å². The largest absolute Gasteiger partial charge is 0.337 e. The summed E-state index contributed by atoms with van der Waals surface area (Å²) in [4.78, 5) is 14.8. The molecule has 3 nitrogen and oxygen atoms in total. The van der Waals surface area contributed by atoms with Crippen molar-refractivity contribution >= 4 is 29.6 Å². The third kappa shape index (κ3) is 3.24. The highest BCUT2D eigenvalue weighted by molar-refractivity contribution is 6.05. The Labute approximate surface area is 153 Å². The Hall–Kier alpha value is -3.33. The van der Waals surface area contributed by atoms with Crippen molar-refractivity contribution < 1.29 is 4.79 Å². The Bertz CT molecular complexity index is 898. The highest BCUT2D eigenvalue weighted by atomic mass is 16.2. The fourth-order valence-corrected chi connectivity index (χ4v) is 3.23. The molecule has 1 aliphatic rings. The second-order valence-corrected chi connectivity index (χ2v) is 6.25. The SMILES string of the molecule is O=C(NCCc1ccccc1)N1c2ccccc2C=Cc2ccccc21. The van der Waals surface area contributed by atoms with Gasteiger partial charge in [0.1, 0.15) is 0 Å². The van der Waals surface area contributed by atoms with E-state index in [-0.39, 0.29) is 6.03 Å². The smallest absolute Gasteiger partial charge is 0.326 e. The summed E-state index contributed by atoms with van der Waals surface area (Å²) in [5.74, 6) is 0. The molecule has 4 rings (SSSR count). The number of amides is 2. The van der Waals surface area contributed by atoms with E-state index in [0.29, 0.717) is 6.54 Å². The molecule has 1 heterocycles. The van der Waals surface area contributed by atoms with Gasteiger partial charge in [-0.15, -0.1) is 0 Å². The Morgan fingerprint density at radius 1 is 0.731 bits per heavy atom. The summed E-state index contributed by atoms with van der Waals surface area (Å²) >= 11 is 0. The summed E-state index contributed by atoms with van der Waals surface area (Å²) in [6.07, 6.45) is 4.93. The number of benzene rings is 3. The second-order valence-electron chi connectivity index (χ2n) is 6.25. The van der Waals surface area contributed by atoms with Gasteiger partial charge in [-0.2, -0.15) is 0 Å². The van der Waals surface area contributed by atoms with E-state index in [2.05, 4.69) is 29.6 Å². The Balaban J connectivity index is 1.60. The maximum Gasteiger partial charge on any atom is 0.326 e. The van der Waals surface area contributed by atoms with Crippen LogP contribution >= 0.6 is 0 Å². The van der Waals surface area contributed by atoms with Crippen molar-refractivity contribution in [3.63, 3.8) is 0 Å². The van der Waals surface area contributed by atoms with Gasteiger partial charge in [0.15, 0.2) is 0 Å². The van der Waals surface area contributed by atoms with Gasteiger partial charge in [-0.3, -0.25) is 4.90 Å². The molecule has 0 saturated carbocycles. The van der Waals surface area contributed by atoms with Crippen molar-refractivity contribution in [3.05, 3.63) is 95.6 Å². The maximum atomic E-state index is 13.1. The minimum atomic E-state index is -0.107. The molecule has 0 spiro atoms. The van der Waals surface area contributed by atoms with Gasteiger partial charge in [-0.25, -0.2) is 4.79 Å². The highest BCUT2D eigenvalue weighted by Crippen LogP contribution is 2.36. The van der Waals surface area contributed by atoms with Gasteiger partial charge in [0.05, 0.1) is 11.4 Å². The van der Waals surface area contributed by atoms with Gasteiger partial charge < -0.3 is 5.32 Å². The first-order valence-corrected chi connectivity index (χ1v) is 8.81. The standard InChI is InChI=1S/C23H20N2O/c26-23(24-17-16-18-8-2-1-3-9-18)25-21-12-6-4-10-19(21)14-15-20-11-5-7-13-22(20)25/h1-15H,16-17H2,(H,24,26). The topological polar surface area (TPSA) is 32.3 Å². The average Bonchev–Trinajstić information content (AvgIpc) is 2.85. The van der Waals surface area contributed by atoms with E-state index in [1.54, 1.807) is 4.90 Å².